The number of rotatable bonds is 8. The Kier molecular flexibility index (Phi) is 6.84. The number of allylic oxidation sites excluding steroid dienone is 1. The molecule has 2 rings (SSSR count). The molecule has 0 saturated carbocycles. The fourth-order valence-electron chi connectivity index (χ4n) is 2.41. The molecule has 25 heavy (non-hydrogen) atoms. The van der Waals surface area contributed by atoms with Gasteiger partial charge in [0.2, 0.25) is 5.78 Å². The third kappa shape index (κ3) is 5.53. The van der Waals surface area contributed by atoms with Gasteiger partial charge in [0.05, 0.1) is 12.5 Å². The van der Waals surface area contributed by atoms with Gasteiger partial charge in [-0.2, -0.15) is 0 Å². The van der Waals surface area contributed by atoms with Crippen molar-refractivity contribution in [3.05, 3.63) is 77.9 Å². The fourth-order valence-corrected chi connectivity index (χ4v) is 2.41. The average molecular weight is 336 g/mol. The molecule has 4 heteroatoms. The lowest BCUT2D eigenvalue weighted by Gasteiger charge is -2.13. The topological polar surface area (TPSA) is 60.4 Å². The van der Waals surface area contributed by atoms with Gasteiger partial charge in [0.25, 0.3) is 0 Å². The first-order valence-electron chi connectivity index (χ1n) is 8.13. The van der Waals surface area contributed by atoms with Crippen LogP contribution in [-0.4, -0.2) is 24.1 Å². The third-order valence-corrected chi connectivity index (χ3v) is 3.66. The Morgan fingerprint density at radius 2 is 1.56 bits per heavy atom. The number of carbonyl (C=O) groups is 3. The molecule has 128 valence electrons. The molecule has 0 aliphatic heterocycles. The van der Waals surface area contributed by atoms with Crippen LogP contribution < -0.4 is 0 Å². The average Bonchev–Trinajstić information content (AvgIpc) is 2.65. The van der Waals surface area contributed by atoms with Gasteiger partial charge >= 0.3 is 5.97 Å². The Morgan fingerprint density at radius 1 is 0.960 bits per heavy atom. The number of hydrogen-bond donors (Lipinski definition) is 0. The zero-order valence-corrected chi connectivity index (χ0v) is 14.1. The summed E-state index contributed by atoms with van der Waals surface area (Å²) < 4.78 is 4.80. The molecule has 0 saturated heterocycles. The molecular formula is C21H20O4. The maximum absolute atomic E-state index is 12.4. The zero-order chi connectivity index (χ0) is 18.1. The summed E-state index contributed by atoms with van der Waals surface area (Å²) in [6.45, 7) is 1.75. The van der Waals surface area contributed by atoms with Crippen molar-refractivity contribution in [3.8, 4) is 0 Å². The van der Waals surface area contributed by atoms with Gasteiger partial charge in [0.1, 0.15) is 0 Å². The van der Waals surface area contributed by atoms with Gasteiger partial charge in [-0.05, 0) is 24.1 Å². The van der Waals surface area contributed by atoms with Gasteiger partial charge in [-0.25, -0.2) is 4.79 Å². The Hall–Kier alpha value is -3.01. The summed E-state index contributed by atoms with van der Waals surface area (Å²) >= 11 is 0. The van der Waals surface area contributed by atoms with Gasteiger partial charge in [0.15, 0.2) is 5.78 Å². The second kappa shape index (κ2) is 9.33. The number of hydrogen-bond acceptors (Lipinski definition) is 4. The van der Waals surface area contributed by atoms with E-state index in [1.54, 1.807) is 37.3 Å². The maximum Gasteiger partial charge on any atom is 0.375 e. The molecule has 0 aliphatic carbocycles. The molecule has 0 fully saturated rings. The van der Waals surface area contributed by atoms with Crippen LogP contribution >= 0.6 is 0 Å². The van der Waals surface area contributed by atoms with Crippen LogP contribution in [0, 0.1) is 0 Å². The summed E-state index contributed by atoms with van der Waals surface area (Å²) in [7, 11) is 0. The molecule has 0 radical (unpaired) electrons. The van der Waals surface area contributed by atoms with Crippen LogP contribution in [0.25, 0.3) is 6.08 Å². The molecule has 1 unspecified atom stereocenters. The van der Waals surface area contributed by atoms with Crippen molar-refractivity contribution < 1.29 is 19.1 Å². The van der Waals surface area contributed by atoms with Crippen molar-refractivity contribution in [1.29, 1.82) is 0 Å². The summed E-state index contributed by atoms with van der Waals surface area (Å²) in [6, 6.07) is 18.2. The first kappa shape index (κ1) is 18.3. The van der Waals surface area contributed by atoms with Crippen LogP contribution in [0.15, 0.2) is 66.7 Å². The lowest BCUT2D eigenvalue weighted by Crippen LogP contribution is -2.26. The van der Waals surface area contributed by atoms with E-state index in [0.29, 0.717) is 5.56 Å². The first-order chi connectivity index (χ1) is 12.1. The maximum atomic E-state index is 12.4. The normalized spacial score (nSPS) is 11.9. The summed E-state index contributed by atoms with van der Waals surface area (Å²) in [4.78, 5) is 36.5. The van der Waals surface area contributed by atoms with Crippen LogP contribution in [0.1, 0.15) is 30.4 Å². The van der Waals surface area contributed by atoms with E-state index >= 15 is 0 Å². The predicted molar refractivity (Wildman–Crippen MR) is 95.9 cm³/mol. The quantitative estimate of drug-likeness (QED) is 0.420. The highest BCUT2D eigenvalue weighted by Crippen LogP contribution is 2.22. The van der Waals surface area contributed by atoms with Crippen LogP contribution in [0.3, 0.4) is 0 Å². The second-order valence-corrected chi connectivity index (χ2v) is 5.46. The van der Waals surface area contributed by atoms with Crippen molar-refractivity contribution in [2.75, 3.05) is 6.61 Å². The summed E-state index contributed by atoms with van der Waals surface area (Å²) in [6.07, 6.45) is 3.05. The van der Waals surface area contributed by atoms with E-state index in [1.807, 2.05) is 36.4 Å². The fraction of sp³-hybridized carbons (Fsp3) is 0.190. The Balaban J connectivity index is 2.15. The van der Waals surface area contributed by atoms with Crippen LogP contribution in [0.2, 0.25) is 0 Å². The molecule has 1 atom stereocenters. The number of benzene rings is 2. The SMILES string of the molecule is CCOC(=O)C(=O)C(CC(=O)/C=C/c1ccccc1)c1ccccc1. The minimum atomic E-state index is -0.906. The summed E-state index contributed by atoms with van der Waals surface area (Å²) in [5.41, 5.74) is 1.52. The van der Waals surface area contributed by atoms with Crippen LogP contribution in [-0.2, 0) is 19.1 Å². The van der Waals surface area contributed by atoms with Gasteiger partial charge in [0, 0.05) is 6.42 Å². The standard InChI is InChI=1S/C21H20O4/c1-2-25-21(24)20(23)19(17-11-7-4-8-12-17)15-18(22)14-13-16-9-5-3-6-10-16/h3-14,19H,2,15H2,1H3/b14-13+. The van der Waals surface area contributed by atoms with Crippen LogP contribution in [0.4, 0.5) is 0 Å². The Labute approximate surface area is 147 Å². The third-order valence-electron chi connectivity index (χ3n) is 3.66. The molecule has 0 aliphatic rings. The number of carbonyl (C=O) groups excluding carboxylic acids is 3. The number of ketones is 2. The van der Waals surface area contributed by atoms with Crippen molar-refractivity contribution in [3.63, 3.8) is 0 Å². The summed E-state index contributed by atoms with van der Waals surface area (Å²) in [5.74, 6) is -2.67. The molecule has 0 aromatic heterocycles. The number of esters is 1. The first-order valence-corrected chi connectivity index (χ1v) is 8.13. The monoisotopic (exact) mass is 336 g/mol. The van der Waals surface area contributed by atoms with E-state index in [9.17, 15) is 14.4 Å². The minimum absolute atomic E-state index is 0.0784. The van der Waals surface area contributed by atoms with Crippen molar-refractivity contribution in [2.24, 2.45) is 0 Å². The molecule has 0 heterocycles. The molecular weight excluding hydrogens is 316 g/mol. The van der Waals surface area contributed by atoms with Gasteiger partial charge < -0.3 is 4.74 Å². The second-order valence-electron chi connectivity index (χ2n) is 5.46. The van der Waals surface area contributed by atoms with E-state index in [-0.39, 0.29) is 18.8 Å². The van der Waals surface area contributed by atoms with Gasteiger partial charge in [-0.1, -0.05) is 66.7 Å². The smallest absolute Gasteiger partial charge is 0.375 e. The molecule has 0 N–H and O–H groups in total. The predicted octanol–water partition coefficient (Wildman–Crippen LogP) is 3.58. The molecule has 2 aromatic carbocycles. The number of Topliss-reactive ketones (excluding diaryl/α,β-unsaturated/α-hetero) is 1. The van der Waals surface area contributed by atoms with E-state index < -0.39 is 17.7 Å². The number of ether oxygens (including phenoxy) is 1. The molecule has 0 spiro atoms. The largest absolute Gasteiger partial charge is 0.460 e. The Morgan fingerprint density at radius 3 is 2.16 bits per heavy atom. The zero-order valence-electron chi connectivity index (χ0n) is 14.1. The molecule has 4 nitrogen and oxygen atoms in total. The van der Waals surface area contributed by atoms with Crippen molar-refractivity contribution in [2.45, 2.75) is 19.3 Å². The summed E-state index contributed by atoms with van der Waals surface area (Å²) in [5, 5.41) is 0. The van der Waals surface area contributed by atoms with E-state index in [4.69, 9.17) is 4.74 Å². The molecule has 0 amide bonds. The van der Waals surface area contributed by atoms with Crippen molar-refractivity contribution in [1.82, 2.24) is 0 Å². The highest BCUT2D eigenvalue weighted by Gasteiger charge is 2.29. The Bertz CT molecular complexity index is 748. The minimum Gasteiger partial charge on any atom is -0.460 e. The van der Waals surface area contributed by atoms with E-state index in [0.717, 1.165) is 5.56 Å². The van der Waals surface area contributed by atoms with E-state index in [1.165, 1.54) is 6.08 Å². The molecule has 0 bridgehead atoms. The van der Waals surface area contributed by atoms with Crippen molar-refractivity contribution >= 4 is 23.6 Å². The lowest BCUT2D eigenvalue weighted by atomic mass is 9.89. The highest BCUT2D eigenvalue weighted by atomic mass is 16.5. The van der Waals surface area contributed by atoms with Gasteiger partial charge in [-0.3, -0.25) is 9.59 Å². The van der Waals surface area contributed by atoms with Crippen LogP contribution in [0.5, 0.6) is 0 Å². The lowest BCUT2D eigenvalue weighted by molar-refractivity contribution is -0.154. The van der Waals surface area contributed by atoms with Gasteiger partial charge in [-0.15, -0.1) is 0 Å². The molecule has 2 aromatic rings. The highest BCUT2D eigenvalue weighted by molar-refractivity contribution is 6.36. The van der Waals surface area contributed by atoms with E-state index in [2.05, 4.69) is 0 Å².